The molecule has 3 aromatic carbocycles. The number of nitrogens with zero attached hydrogens (tertiary/aromatic N) is 1. The van der Waals surface area contributed by atoms with Crippen molar-refractivity contribution in [2.45, 2.75) is 27.7 Å². The SMILES string of the molecule is CC(=O)Nc1ccc(NC2=C(c3ccc(C)c(C)c3)C(=O)N(c3ccc(C)cc3)C2=O)cc1. The Labute approximate surface area is 192 Å². The van der Waals surface area contributed by atoms with Gasteiger partial charge in [-0.15, -0.1) is 0 Å². The average Bonchev–Trinajstić information content (AvgIpc) is 3.01. The summed E-state index contributed by atoms with van der Waals surface area (Å²) in [5.74, 6) is -0.951. The van der Waals surface area contributed by atoms with Gasteiger partial charge in [-0.1, -0.05) is 35.9 Å². The zero-order chi connectivity index (χ0) is 23.7. The first kappa shape index (κ1) is 22.0. The maximum atomic E-state index is 13.5. The van der Waals surface area contributed by atoms with Crippen LogP contribution in [0.2, 0.25) is 0 Å². The van der Waals surface area contributed by atoms with E-state index in [-0.39, 0.29) is 17.5 Å². The van der Waals surface area contributed by atoms with E-state index in [2.05, 4.69) is 10.6 Å². The summed E-state index contributed by atoms with van der Waals surface area (Å²) in [7, 11) is 0. The molecular formula is C27H25N3O3. The lowest BCUT2D eigenvalue weighted by atomic mass is 9.99. The van der Waals surface area contributed by atoms with Gasteiger partial charge in [-0.2, -0.15) is 0 Å². The summed E-state index contributed by atoms with van der Waals surface area (Å²) in [5.41, 5.74) is 6.21. The van der Waals surface area contributed by atoms with Crippen LogP contribution in [-0.4, -0.2) is 17.7 Å². The quantitative estimate of drug-likeness (QED) is 0.551. The fourth-order valence-corrected chi connectivity index (χ4v) is 3.72. The van der Waals surface area contributed by atoms with Crippen LogP contribution in [0.5, 0.6) is 0 Å². The number of rotatable bonds is 5. The molecule has 1 aliphatic heterocycles. The Morgan fingerprint density at radius 2 is 1.39 bits per heavy atom. The number of carbonyl (C=O) groups excluding carboxylic acids is 3. The van der Waals surface area contributed by atoms with Crippen molar-refractivity contribution in [3.63, 3.8) is 0 Å². The first-order chi connectivity index (χ1) is 15.7. The smallest absolute Gasteiger partial charge is 0.282 e. The van der Waals surface area contributed by atoms with Crippen LogP contribution in [-0.2, 0) is 14.4 Å². The molecule has 6 heteroatoms. The maximum absolute atomic E-state index is 13.5. The van der Waals surface area contributed by atoms with E-state index in [1.165, 1.54) is 11.8 Å². The monoisotopic (exact) mass is 439 g/mol. The maximum Gasteiger partial charge on any atom is 0.282 e. The van der Waals surface area contributed by atoms with Crippen LogP contribution in [0.1, 0.15) is 29.2 Å². The molecule has 0 aromatic heterocycles. The van der Waals surface area contributed by atoms with Gasteiger partial charge in [0.1, 0.15) is 5.70 Å². The molecule has 1 aliphatic rings. The average molecular weight is 440 g/mol. The molecule has 0 unspecified atom stereocenters. The Morgan fingerprint density at radius 1 is 0.758 bits per heavy atom. The minimum absolute atomic E-state index is 0.166. The van der Waals surface area contributed by atoms with Crippen LogP contribution in [0.4, 0.5) is 17.1 Å². The van der Waals surface area contributed by atoms with E-state index in [1.54, 1.807) is 36.4 Å². The summed E-state index contributed by atoms with van der Waals surface area (Å²) < 4.78 is 0. The fraction of sp³-hybridized carbons (Fsp3) is 0.148. The van der Waals surface area contributed by atoms with Crippen LogP contribution >= 0.6 is 0 Å². The summed E-state index contributed by atoms with van der Waals surface area (Å²) in [6.45, 7) is 7.37. The van der Waals surface area contributed by atoms with Crippen molar-refractivity contribution in [2.24, 2.45) is 0 Å². The normalized spacial score (nSPS) is 13.5. The van der Waals surface area contributed by atoms with Crippen molar-refractivity contribution in [1.82, 2.24) is 0 Å². The van der Waals surface area contributed by atoms with Crippen LogP contribution in [0, 0.1) is 20.8 Å². The van der Waals surface area contributed by atoms with Crippen LogP contribution < -0.4 is 15.5 Å². The van der Waals surface area contributed by atoms with Crippen molar-refractivity contribution < 1.29 is 14.4 Å². The number of carbonyl (C=O) groups is 3. The Bertz CT molecular complexity index is 1290. The van der Waals surface area contributed by atoms with Crippen molar-refractivity contribution in [3.8, 4) is 0 Å². The van der Waals surface area contributed by atoms with E-state index in [9.17, 15) is 14.4 Å². The first-order valence-electron chi connectivity index (χ1n) is 10.7. The molecule has 1 heterocycles. The summed E-state index contributed by atoms with van der Waals surface area (Å²) in [5, 5.41) is 5.86. The number of benzene rings is 3. The van der Waals surface area contributed by atoms with E-state index in [4.69, 9.17) is 0 Å². The molecule has 2 N–H and O–H groups in total. The molecule has 3 amide bonds. The highest BCUT2D eigenvalue weighted by Crippen LogP contribution is 2.34. The number of imide groups is 1. The van der Waals surface area contributed by atoms with Crippen LogP contribution in [0.3, 0.4) is 0 Å². The summed E-state index contributed by atoms with van der Waals surface area (Å²) in [4.78, 5) is 39.5. The third-order valence-electron chi connectivity index (χ3n) is 5.65. The third kappa shape index (κ3) is 4.41. The van der Waals surface area contributed by atoms with Gasteiger partial charge >= 0.3 is 0 Å². The lowest BCUT2D eigenvalue weighted by Gasteiger charge is -2.15. The summed E-state index contributed by atoms with van der Waals surface area (Å²) >= 11 is 0. The van der Waals surface area contributed by atoms with Crippen molar-refractivity contribution in [2.75, 3.05) is 15.5 Å². The number of hydrogen-bond donors (Lipinski definition) is 2. The van der Waals surface area contributed by atoms with E-state index in [0.29, 0.717) is 28.2 Å². The number of anilines is 3. The van der Waals surface area contributed by atoms with E-state index in [0.717, 1.165) is 16.7 Å². The highest BCUT2D eigenvalue weighted by atomic mass is 16.2. The molecule has 166 valence electrons. The van der Waals surface area contributed by atoms with Crippen molar-refractivity contribution >= 4 is 40.4 Å². The molecule has 0 radical (unpaired) electrons. The second-order valence-corrected chi connectivity index (χ2v) is 8.21. The highest BCUT2D eigenvalue weighted by molar-refractivity contribution is 6.46. The molecule has 33 heavy (non-hydrogen) atoms. The van der Waals surface area contributed by atoms with Gasteiger partial charge in [0.2, 0.25) is 5.91 Å². The van der Waals surface area contributed by atoms with Crippen molar-refractivity contribution in [3.05, 3.63) is 94.7 Å². The molecule has 0 aliphatic carbocycles. The number of amides is 3. The van der Waals surface area contributed by atoms with Gasteiger partial charge in [0, 0.05) is 18.3 Å². The predicted molar refractivity (Wildman–Crippen MR) is 131 cm³/mol. The number of aryl methyl sites for hydroxylation is 3. The van der Waals surface area contributed by atoms with Gasteiger partial charge in [0.25, 0.3) is 11.8 Å². The second kappa shape index (κ2) is 8.74. The zero-order valence-electron chi connectivity index (χ0n) is 19.0. The van der Waals surface area contributed by atoms with Crippen LogP contribution in [0.25, 0.3) is 5.57 Å². The second-order valence-electron chi connectivity index (χ2n) is 8.21. The molecule has 0 saturated carbocycles. The third-order valence-corrected chi connectivity index (χ3v) is 5.65. The fourth-order valence-electron chi connectivity index (χ4n) is 3.72. The Kier molecular flexibility index (Phi) is 5.84. The number of nitrogens with one attached hydrogen (secondary N) is 2. The predicted octanol–water partition coefficient (Wildman–Crippen LogP) is 4.97. The summed E-state index contributed by atoms with van der Waals surface area (Å²) in [6.07, 6.45) is 0. The molecule has 3 aromatic rings. The number of hydrogen-bond acceptors (Lipinski definition) is 4. The molecule has 0 fully saturated rings. The van der Waals surface area contributed by atoms with Gasteiger partial charge in [-0.05, 0) is 73.9 Å². The topological polar surface area (TPSA) is 78.5 Å². The Hall–Kier alpha value is -4.19. The van der Waals surface area contributed by atoms with E-state index >= 15 is 0 Å². The molecule has 0 bridgehead atoms. The molecular weight excluding hydrogens is 414 g/mol. The summed E-state index contributed by atoms with van der Waals surface area (Å²) in [6, 6.07) is 20.0. The van der Waals surface area contributed by atoms with Crippen LogP contribution in [0.15, 0.2) is 72.4 Å². The molecule has 0 spiro atoms. The molecule has 4 rings (SSSR count). The minimum Gasteiger partial charge on any atom is -0.350 e. The van der Waals surface area contributed by atoms with Crippen molar-refractivity contribution in [1.29, 1.82) is 0 Å². The Balaban J connectivity index is 1.77. The first-order valence-corrected chi connectivity index (χ1v) is 10.7. The largest absolute Gasteiger partial charge is 0.350 e. The van der Waals surface area contributed by atoms with E-state index < -0.39 is 5.91 Å². The lowest BCUT2D eigenvalue weighted by Crippen LogP contribution is -2.32. The lowest BCUT2D eigenvalue weighted by molar-refractivity contribution is -0.120. The van der Waals surface area contributed by atoms with Gasteiger partial charge in [-0.25, -0.2) is 4.90 Å². The van der Waals surface area contributed by atoms with Gasteiger partial charge < -0.3 is 10.6 Å². The molecule has 6 nitrogen and oxygen atoms in total. The van der Waals surface area contributed by atoms with Gasteiger partial charge in [0.15, 0.2) is 0 Å². The van der Waals surface area contributed by atoms with E-state index in [1.807, 2.05) is 51.1 Å². The molecule has 0 saturated heterocycles. The standard InChI is InChI=1S/C27H25N3O3/c1-16-5-13-23(14-6-16)30-26(32)24(20-8-7-17(2)18(3)15-20)25(27(30)33)29-22-11-9-21(10-12-22)28-19(4)31/h5-15,29H,1-4H3,(H,28,31). The molecule has 0 atom stereocenters. The van der Waals surface area contributed by atoms with Gasteiger partial charge in [0.05, 0.1) is 11.3 Å². The Morgan fingerprint density at radius 3 is 2.00 bits per heavy atom. The zero-order valence-corrected chi connectivity index (χ0v) is 19.0. The highest BCUT2D eigenvalue weighted by Gasteiger charge is 2.40. The van der Waals surface area contributed by atoms with Gasteiger partial charge in [-0.3, -0.25) is 14.4 Å². The minimum atomic E-state index is -0.414.